The van der Waals surface area contributed by atoms with Crippen molar-refractivity contribution >= 4 is 17.4 Å². The second-order valence-corrected chi connectivity index (χ2v) is 8.24. The van der Waals surface area contributed by atoms with Crippen molar-refractivity contribution in [1.29, 1.82) is 0 Å². The normalized spacial score (nSPS) is 21.0. The SMILES string of the molecule is O=C(Nc1cccc(F)c1)N1CC2(CCN(C3CC3)CC2)c2cc(F)ccc21. The van der Waals surface area contributed by atoms with Gasteiger partial charge in [-0.2, -0.15) is 0 Å². The number of anilines is 2. The number of amides is 2. The first-order valence-electron chi connectivity index (χ1n) is 9.92. The topological polar surface area (TPSA) is 35.6 Å². The van der Waals surface area contributed by atoms with Crippen molar-refractivity contribution in [3.8, 4) is 0 Å². The number of urea groups is 1. The second kappa shape index (κ2) is 6.55. The van der Waals surface area contributed by atoms with E-state index in [0.29, 0.717) is 12.2 Å². The second-order valence-electron chi connectivity index (χ2n) is 8.24. The first kappa shape index (κ1) is 17.6. The Hall–Kier alpha value is -2.47. The highest BCUT2D eigenvalue weighted by Gasteiger charge is 2.48. The Morgan fingerprint density at radius 1 is 1.04 bits per heavy atom. The number of fused-ring (bicyclic) bond motifs is 2. The van der Waals surface area contributed by atoms with E-state index in [1.54, 1.807) is 29.2 Å². The molecular formula is C22H23F2N3O. The Bertz CT molecular complexity index is 920. The summed E-state index contributed by atoms with van der Waals surface area (Å²) in [5.74, 6) is -0.666. The van der Waals surface area contributed by atoms with Crippen LogP contribution in [-0.4, -0.2) is 36.6 Å². The van der Waals surface area contributed by atoms with Gasteiger partial charge >= 0.3 is 6.03 Å². The average molecular weight is 383 g/mol. The summed E-state index contributed by atoms with van der Waals surface area (Å²) in [5, 5.41) is 2.78. The van der Waals surface area contributed by atoms with Gasteiger partial charge in [-0.25, -0.2) is 13.6 Å². The summed E-state index contributed by atoms with van der Waals surface area (Å²) in [4.78, 5) is 17.2. The molecule has 1 saturated carbocycles. The molecule has 2 amide bonds. The minimum absolute atomic E-state index is 0.206. The van der Waals surface area contributed by atoms with Gasteiger partial charge in [0.15, 0.2) is 0 Å². The van der Waals surface area contributed by atoms with Crippen molar-refractivity contribution in [2.24, 2.45) is 0 Å². The van der Waals surface area contributed by atoms with Crippen LogP contribution in [-0.2, 0) is 5.41 Å². The van der Waals surface area contributed by atoms with Crippen LogP contribution in [0.2, 0.25) is 0 Å². The van der Waals surface area contributed by atoms with Gasteiger partial charge in [-0.15, -0.1) is 0 Å². The van der Waals surface area contributed by atoms with Crippen LogP contribution in [0.1, 0.15) is 31.2 Å². The number of hydrogen-bond acceptors (Lipinski definition) is 2. The maximum Gasteiger partial charge on any atom is 0.326 e. The van der Waals surface area contributed by atoms with Gasteiger partial charge in [-0.05, 0) is 80.7 Å². The first-order valence-corrected chi connectivity index (χ1v) is 9.92. The Labute approximate surface area is 163 Å². The lowest BCUT2D eigenvalue weighted by Crippen LogP contribution is -2.47. The summed E-state index contributed by atoms with van der Waals surface area (Å²) in [6, 6.07) is 11.0. The molecule has 0 unspecified atom stereocenters. The van der Waals surface area contributed by atoms with E-state index in [2.05, 4.69) is 10.2 Å². The number of piperidine rings is 1. The quantitative estimate of drug-likeness (QED) is 0.828. The fourth-order valence-corrected chi connectivity index (χ4v) is 4.76. The van der Waals surface area contributed by atoms with Crippen LogP contribution < -0.4 is 10.2 Å². The zero-order valence-electron chi connectivity index (χ0n) is 15.6. The molecule has 2 aromatic rings. The van der Waals surface area contributed by atoms with E-state index in [1.165, 1.54) is 31.0 Å². The van der Waals surface area contributed by atoms with Crippen LogP contribution in [0.15, 0.2) is 42.5 Å². The molecule has 0 bridgehead atoms. The third-order valence-corrected chi connectivity index (χ3v) is 6.42. The van der Waals surface area contributed by atoms with Crippen LogP contribution in [0.3, 0.4) is 0 Å². The summed E-state index contributed by atoms with van der Waals surface area (Å²) in [5.41, 5.74) is 1.90. The number of hydrogen-bond donors (Lipinski definition) is 1. The zero-order chi connectivity index (χ0) is 19.3. The highest BCUT2D eigenvalue weighted by atomic mass is 19.1. The lowest BCUT2D eigenvalue weighted by Gasteiger charge is -2.40. The molecule has 2 aliphatic heterocycles. The Morgan fingerprint density at radius 3 is 2.50 bits per heavy atom. The fraction of sp³-hybridized carbons (Fsp3) is 0.409. The fourth-order valence-electron chi connectivity index (χ4n) is 4.76. The van der Waals surface area contributed by atoms with Crippen LogP contribution >= 0.6 is 0 Å². The van der Waals surface area contributed by atoms with Gasteiger partial charge in [0, 0.05) is 29.4 Å². The first-order chi connectivity index (χ1) is 13.5. The Kier molecular flexibility index (Phi) is 4.12. The van der Waals surface area contributed by atoms with Gasteiger partial charge in [0.1, 0.15) is 11.6 Å². The van der Waals surface area contributed by atoms with Gasteiger partial charge in [-0.1, -0.05) is 6.07 Å². The van der Waals surface area contributed by atoms with Gasteiger partial charge < -0.3 is 10.2 Å². The largest absolute Gasteiger partial charge is 0.326 e. The molecule has 1 N–H and O–H groups in total. The van der Waals surface area contributed by atoms with Crippen LogP contribution in [0.5, 0.6) is 0 Å². The lowest BCUT2D eigenvalue weighted by atomic mass is 9.74. The van der Waals surface area contributed by atoms with E-state index < -0.39 is 5.82 Å². The van der Waals surface area contributed by atoms with Gasteiger partial charge in [0.25, 0.3) is 0 Å². The number of carbonyl (C=O) groups excluding carboxylic acids is 1. The molecule has 0 atom stereocenters. The highest BCUT2D eigenvalue weighted by Crippen LogP contribution is 2.48. The van der Waals surface area contributed by atoms with Crippen LogP contribution in [0.4, 0.5) is 25.0 Å². The molecule has 28 heavy (non-hydrogen) atoms. The van der Waals surface area contributed by atoms with Crippen LogP contribution in [0, 0.1) is 11.6 Å². The molecule has 5 rings (SSSR count). The molecule has 1 aliphatic carbocycles. The van der Waals surface area contributed by atoms with E-state index in [1.807, 2.05) is 0 Å². The standard InChI is InChI=1S/C22H23F2N3O/c23-15-2-1-3-17(12-15)25-21(28)27-14-22(19-13-16(24)4-7-20(19)27)8-10-26(11-9-22)18-5-6-18/h1-4,7,12-13,18H,5-6,8-11,14H2,(H,25,28). The number of benzene rings is 2. The van der Waals surface area contributed by atoms with Crippen molar-refractivity contribution in [2.75, 3.05) is 29.9 Å². The van der Waals surface area contributed by atoms with Gasteiger partial charge in [-0.3, -0.25) is 4.90 Å². The van der Waals surface area contributed by atoms with Gasteiger partial charge in [0.2, 0.25) is 0 Å². The average Bonchev–Trinajstić information content (AvgIpc) is 3.48. The van der Waals surface area contributed by atoms with Crippen LogP contribution in [0.25, 0.3) is 0 Å². The molecule has 3 aliphatic rings. The predicted octanol–water partition coefficient (Wildman–Crippen LogP) is 4.51. The predicted molar refractivity (Wildman–Crippen MR) is 105 cm³/mol. The van der Waals surface area contributed by atoms with E-state index in [4.69, 9.17) is 0 Å². The minimum atomic E-state index is -0.398. The van der Waals surface area contributed by atoms with Crippen molar-refractivity contribution in [1.82, 2.24) is 4.90 Å². The summed E-state index contributed by atoms with van der Waals surface area (Å²) in [6.45, 7) is 2.51. The number of likely N-dealkylation sites (tertiary alicyclic amines) is 1. The molecule has 6 heteroatoms. The zero-order valence-corrected chi connectivity index (χ0v) is 15.6. The minimum Gasteiger partial charge on any atom is -0.307 e. The molecule has 1 spiro atoms. The summed E-state index contributed by atoms with van der Waals surface area (Å²) >= 11 is 0. The maximum absolute atomic E-state index is 14.1. The molecular weight excluding hydrogens is 360 g/mol. The lowest BCUT2D eigenvalue weighted by molar-refractivity contribution is 0.159. The third-order valence-electron chi connectivity index (χ3n) is 6.42. The van der Waals surface area contributed by atoms with Crippen molar-refractivity contribution in [2.45, 2.75) is 37.1 Å². The summed E-state index contributed by atoms with van der Waals surface area (Å²) < 4.78 is 27.5. The molecule has 1 saturated heterocycles. The smallest absolute Gasteiger partial charge is 0.307 e. The van der Waals surface area contributed by atoms with E-state index in [9.17, 15) is 13.6 Å². The molecule has 0 aromatic heterocycles. The number of rotatable bonds is 2. The maximum atomic E-state index is 14.1. The number of halogens is 2. The van der Waals surface area contributed by atoms with Gasteiger partial charge in [0.05, 0.1) is 0 Å². The molecule has 2 aromatic carbocycles. The monoisotopic (exact) mass is 383 g/mol. The van der Waals surface area contributed by atoms with Crippen molar-refractivity contribution in [3.05, 3.63) is 59.7 Å². The van der Waals surface area contributed by atoms with Crippen molar-refractivity contribution in [3.63, 3.8) is 0 Å². The highest BCUT2D eigenvalue weighted by molar-refractivity contribution is 6.03. The third kappa shape index (κ3) is 3.05. The van der Waals surface area contributed by atoms with E-state index in [-0.39, 0.29) is 17.3 Å². The Morgan fingerprint density at radius 2 is 1.79 bits per heavy atom. The molecule has 4 nitrogen and oxygen atoms in total. The number of carbonyl (C=O) groups is 1. The molecule has 0 radical (unpaired) electrons. The summed E-state index contributed by atoms with van der Waals surface area (Å²) in [7, 11) is 0. The Balaban J connectivity index is 1.41. The number of nitrogens with zero attached hydrogens (tertiary/aromatic N) is 2. The van der Waals surface area contributed by atoms with E-state index in [0.717, 1.165) is 43.2 Å². The molecule has 2 fully saturated rings. The van der Waals surface area contributed by atoms with Crippen molar-refractivity contribution < 1.29 is 13.6 Å². The number of nitrogens with one attached hydrogen (secondary N) is 1. The molecule has 146 valence electrons. The van der Waals surface area contributed by atoms with E-state index >= 15 is 0 Å². The summed E-state index contributed by atoms with van der Waals surface area (Å²) in [6.07, 6.45) is 4.40. The molecule has 2 heterocycles.